The van der Waals surface area contributed by atoms with Crippen LogP contribution in [0, 0.1) is 5.92 Å². The second-order valence-electron chi connectivity index (χ2n) is 6.10. The highest BCUT2D eigenvalue weighted by molar-refractivity contribution is 5.81. The number of hydrogen-bond acceptors (Lipinski definition) is 2. The quantitative estimate of drug-likeness (QED) is 0.824. The van der Waals surface area contributed by atoms with E-state index in [9.17, 15) is 4.79 Å². The van der Waals surface area contributed by atoms with Crippen LogP contribution < -0.4 is 11.1 Å². The highest BCUT2D eigenvalue weighted by Gasteiger charge is 2.44. The van der Waals surface area contributed by atoms with Gasteiger partial charge in [-0.3, -0.25) is 4.79 Å². The normalized spacial score (nSPS) is 18.1. The van der Waals surface area contributed by atoms with E-state index in [1.54, 1.807) is 0 Å². The van der Waals surface area contributed by atoms with Gasteiger partial charge in [-0.2, -0.15) is 0 Å². The van der Waals surface area contributed by atoms with Crippen LogP contribution in [0.25, 0.3) is 0 Å². The van der Waals surface area contributed by atoms with E-state index in [4.69, 9.17) is 5.73 Å². The minimum Gasteiger partial charge on any atom is -0.354 e. The number of hydrogen-bond donors (Lipinski definition) is 2. The average molecular weight is 260 g/mol. The molecule has 0 saturated heterocycles. The minimum atomic E-state index is -0.383. The first-order chi connectivity index (χ1) is 9.03. The number of nitrogens with two attached hydrogens (primary N) is 1. The lowest BCUT2D eigenvalue weighted by molar-refractivity contribution is -0.122. The first kappa shape index (κ1) is 14.1. The molecule has 1 amide bonds. The van der Waals surface area contributed by atoms with E-state index in [1.165, 1.54) is 5.56 Å². The molecule has 1 aliphatic rings. The summed E-state index contributed by atoms with van der Waals surface area (Å²) in [7, 11) is 0. The number of benzene rings is 1. The molecule has 2 rings (SSSR count). The van der Waals surface area contributed by atoms with Crippen molar-refractivity contribution >= 4 is 5.91 Å². The van der Waals surface area contributed by atoms with Crippen LogP contribution >= 0.6 is 0 Å². The van der Waals surface area contributed by atoms with E-state index in [0.717, 1.165) is 19.3 Å². The smallest absolute Gasteiger partial charge is 0.236 e. The zero-order valence-corrected chi connectivity index (χ0v) is 11.9. The SMILES string of the molecule is CC(C)C[C@H](N)C(=O)NCC1(c2ccccc2)CC1. The van der Waals surface area contributed by atoms with Gasteiger partial charge in [0.15, 0.2) is 0 Å². The van der Waals surface area contributed by atoms with Crippen molar-refractivity contribution in [2.24, 2.45) is 11.7 Å². The number of carbonyl (C=O) groups is 1. The predicted molar refractivity (Wildman–Crippen MR) is 77.8 cm³/mol. The second kappa shape index (κ2) is 5.74. The standard InChI is InChI=1S/C16H24N2O/c1-12(2)10-14(17)15(19)18-11-16(8-9-16)13-6-4-3-5-7-13/h3-7,12,14H,8-11,17H2,1-2H3,(H,18,19)/t14-/m0/s1. The summed E-state index contributed by atoms with van der Waals surface area (Å²) in [6.45, 7) is 4.88. The molecule has 0 unspecified atom stereocenters. The van der Waals surface area contributed by atoms with Crippen molar-refractivity contribution in [2.75, 3.05) is 6.54 Å². The Bertz CT molecular complexity index is 424. The summed E-state index contributed by atoms with van der Waals surface area (Å²) >= 11 is 0. The van der Waals surface area contributed by atoms with E-state index >= 15 is 0 Å². The van der Waals surface area contributed by atoms with Crippen molar-refractivity contribution < 1.29 is 4.79 Å². The Morgan fingerprint density at radius 1 is 1.32 bits per heavy atom. The lowest BCUT2D eigenvalue weighted by atomic mass is 9.95. The topological polar surface area (TPSA) is 55.1 Å². The third-order valence-electron chi connectivity index (χ3n) is 3.90. The van der Waals surface area contributed by atoms with Gasteiger partial charge in [-0.15, -0.1) is 0 Å². The largest absolute Gasteiger partial charge is 0.354 e. The van der Waals surface area contributed by atoms with Crippen molar-refractivity contribution in [2.45, 2.75) is 44.6 Å². The molecule has 1 fully saturated rings. The first-order valence-electron chi connectivity index (χ1n) is 7.12. The maximum absolute atomic E-state index is 11.9. The van der Waals surface area contributed by atoms with Crippen LogP contribution in [0.3, 0.4) is 0 Å². The highest BCUT2D eigenvalue weighted by Crippen LogP contribution is 2.47. The molecule has 3 nitrogen and oxygen atoms in total. The number of nitrogens with one attached hydrogen (secondary N) is 1. The van der Waals surface area contributed by atoms with E-state index in [1.807, 2.05) is 6.07 Å². The first-order valence-corrected chi connectivity index (χ1v) is 7.12. The van der Waals surface area contributed by atoms with E-state index in [0.29, 0.717) is 12.5 Å². The van der Waals surface area contributed by atoms with Crippen LogP contribution in [0.4, 0.5) is 0 Å². The summed E-state index contributed by atoms with van der Waals surface area (Å²) in [5, 5.41) is 3.03. The van der Waals surface area contributed by atoms with Gasteiger partial charge in [0.05, 0.1) is 6.04 Å². The van der Waals surface area contributed by atoms with Crippen LogP contribution in [0.5, 0.6) is 0 Å². The average Bonchev–Trinajstić information content (AvgIpc) is 3.17. The summed E-state index contributed by atoms with van der Waals surface area (Å²) in [6, 6.07) is 10.0. The molecule has 0 radical (unpaired) electrons. The van der Waals surface area contributed by atoms with Gasteiger partial charge in [-0.05, 0) is 30.7 Å². The van der Waals surface area contributed by atoms with Gasteiger partial charge in [0, 0.05) is 12.0 Å². The molecule has 3 N–H and O–H groups in total. The zero-order valence-electron chi connectivity index (χ0n) is 11.9. The van der Waals surface area contributed by atoms with Gasteiger partial charge in [-0.25, -0.2) is 0 Å². The van der Waals surface area contributed by atoms with Crippen LogP contribution in [0.2, 0.25) is 0 Å². The van der Waals surface area contributed by atoms with Gasteiger partial charge in [-0.1, -0.05) is 44.2 Å². The Hall–Kier alpha value is -1.35. The van der Waals surface area contributed by atoms with Crippen LogP contribution in [-0.2, 0) is 10.2 Å². The Kier molecular flexibility index (Phi) is 4.25. The fourth-order valence-corrected chi connectivity index (χ4v) is 2.51. The maximum Gasteiger partial charge on any atom is 0.236 e. The molecular formula is C16H24N2O. The van der Waals surface area contributed by atoms with Gasteiger partial charge >= 0.3 is 0 Å². The summed E-state index contributed by atoms with van der Waals surface area (Å²) in [4.78, 5) is 11.9. The highest BCUT2D eigenvalue weighted by atomic mass is 16.2. The van der Waals surface area contributed by atoms with Crippen LogP contribution in [0.15, 0.2) is 30.3 Å². The summed E-state index contributed by atoms with van der Waals surface area (Å²) in [6.07, 6.45) is 3.04. The molecule has 1 aromatic rings. The molecule has 1 aromatic carbocycles. The molecule has 0 spiro atoms. The molecule has 0 aromatic heterocycles. The Morgan fingerprint density at radius 2 is 1.95 bits per heavy atom. The molecule has 1 atom stereocenters. The van der Waals surface area contributed by atoms with Gasteiger partial charge < -0.3 is 11.1 Å². The third kappa shape index (κ3) is 3.57. The van der Waals surface area contributed by atoms with Crippen molar-refractivity contribution in [3.05, 3.63) is 35.9 Å². The van der Waals surface area contributed by atoms with Crippen molar-refractivity contribution in [1.82, 2.24) is 5.32 Å². The van der Waals surface area contributed by atoms with Crippen LogP contribution in [0.1, 0.15) is 38.7 Å². The number of carbonyl (C=O) groups excluding carboxylic acids is 1. The van der Waals surface area contributed by atoms with E-state index in [2.05, 4.69) is 43.4 Å². The second-order valence-corrected chi connectivity index (χ2v) is 6.10. The summed E-state index contributed by atoms with van der Waals surface area (Å²) in [5.74, 6) is 0.431. The number of amides is 1. The molecule has 3 heteroatoms. The zero-order chi connectivity index (χ0) is 13.9. The molecule has 0 heterocycles. The van der Waals surface area contributed by atoms with E-state index in [-0.39, 0.29) is 17.4 Å². The van der Waals surface area contributed by atoms with Gasteiger partial charge in [0.2, 0.25) is 5.91 Å². The lowest BCUT2D eigenvalue weighted by Gasteiger charge is -2.19. The fraction of sp³-hybridized carbons (Fsp3) is 0.562. The fourth-order valence-electron chi connectivity index (χ4n) is 2.51. The van der Waals surface area contributed by atoms with Gasteiger partial charge in [0.25, 0.3) is 0 Å². The Morgan fingerprint density at radius 3 is 2.47 bits per heavy atom. The monoisotopic (exact) mass is 260 g/mol. The molecule has 0 aliphatic heterocycles. The molecule has 104 valence electrons. The van der Waals surface area contributed by atoms with E-state index < -0.39 is 0 Å². The molecule has 0 bridgehead atoms. The summed E-state index contributed by atoms with van der Waals surface area (Å²) in [5.41, 5.74) is 7.38. The Balaban J connectivity index is 1.87. The Labute approximate surface area is 115 Å². The third-order valence-corrected chi connectivity index (χ3v) is 3.90. The van der Waals surface area contributed by atoms with Crippen molar-refractivity contribution in [1.29, 1.82) is 0 Å². The van der Waals surface area contributed by atoms with Gasteiger partial charge in [0.1, 0.15) is 0 Å². The molecular weight excluding hydrogens is 236 g/mol. The van der Waals surface area contributed by atoms with Crippen molar-refractivity contribution in [3.8, 4) is 0 Å². The maximum atomic E-state index is 11.9. The molecule has 19 heavy (non-hydrogen) atoms. The molecule has 1 saturated carbocycles. The van der Waals surface area contributed by atoms with Crippen LogP contribution in [-0.4, -0.2) is 18.5 Å². The van der Waals surface area contributed by atoms with Crippen molar-refractivity contribution in [3.63, 3.8) is 0 Å². The molecule has 1 aliphatic carbocycles. The number of rotatable bonds is 6. The lowest BCUT2D eigenvalue weighted by Crippen LogP contribution is -2.44. The summed E-state index contributed by atoms with van der Waals surface area (Å²) < 4.78 is 0. The predicted octanol–water partition coefficient (Wildman–Crippen LogP) is 2.21. The minimum absolute atomic E-state index is 0.0177.